The molecular formula is C26H37N5O3. The number of carbonyl (C=O) groups excluding carboxylic acids is 2. The Morgan fingerprint density at radius 2 is 1.59 bits per heavy atom. The van der Waals surface area contributed by atoms with E-state index in [2.05, 4.69) is 39.6 Å². The third-order valence-corrected chi connectivity index (χ3v) is 6.15. The third kappa shape index (κ3) is 7.12. The fourth-order valence-corrected chi connectivity index (χ4v) is 4.14. The standard InChI is InChI=1S/C26H37N5O3/c1-4-30(5-2)18-15-27-25(32)23-19-21(11-14-24(23)31-16-7-6-8-17-31)29-26(33)28-20-9-12-22(34-3)13-10-20/h9-14,19H,4-8,15-18H2,1-3H3,(H,27,32)(H2,28,29,33). The van der Waals surface area contributed by atoms with E-state index in [1.807, 2.05) is 12.1 Å². The maximum absolute atomic E-state index is 13.2. The number of methoxy groups -OCH3 is 1. The Labute approximate surface area is 202 Å². The molecule has 2 aromatic carbocycles. The second kappa shape index (κ2) is 12.8. The van der Waals surface area contributed by atoms with Crippen LogP contribution in [-0.2, 0) is 0 Å². The molecule has 34 heavy (non-hydrogen) atoms. The first-order valence-corrected chi connectivity index (χ1v) is 12.2. The van der Waals surface area contributed by atoms with Crippen LogP contribution in [0.4, 0.5) is 21.9 Å². The fourth-order valence-electron chi connectivity index (χ4n) is 4.14. The van der Waals surface area contributed by atoms with Crippen LogP contribution in [-0.4, -0.2) is 63.2 Å². The van der Waals surface area contributed by atoms with Crippen molar-refractivity contribution < 1.29 is 14.3 Å². The van der Waals surface area contributed by atoms with Crippen molar-refractivity contribution >= 4 is 29.0 Å². The molecule has 1 saturated heterocycles. The van der Waals surface area contributed by atoms with Crippen molar-refractivity contribution in [3.05, 3.63) is 48.0 Å². The molecule has 0 radical (unpaired) electrons. The van der Waals surface area contributed by atoms with Crippen LogP contribution in [0.25, 0.3) is 0 Å². The lowest BCUT2D eigenvalue weighted by Gasteiger charge is -2.30. The summed E-state index contributed by atoms with van der Waals surface area (Å²) in [7, 11) is 1.60. The van der Waals surface area contributed by atoms with E-state index in [4.69, 9.17) is 4.74 Å². The van der Waals surface area contributed by atoms with E-state index >= 15 is 0 Å². The lowest BCUT2D eigenvalue weighted by atomic mass is 10.1. The van der Waals surface area contributed by atoms with E-state index < -0.39 is 0 Å². The molecule has 0 saturated carbocycles. The molecule has 0 aromatic heterocycles. The Hall–Kier alpha value is -3.26. The summed E-state index contributed by atoms with van der Waals surface area (Å²) in [5, 5.41) is 8.72. The predicted octanol–water partition coefficient (Wildman–Crippen LogP) is 4.40. The smallest absolute Gasteiger partial charge is 0.323 e. The lowest BCUT2D eigenvalue weighted by Crippen LogP contribution is -2.36. The molecule has 3 rings (SSSR count). The van der Waals surface area contributed by atoms with Crippen molar-refractivity contribution in [2.45, 2.75) is 33.1 Å². The van der Waals surface area contributed by atoms with Crippen LogP contribution in [0.2, 0.25) is 0 Å². The van der Waals surface area contributed by atoms with E-state index in [0.29, 0.717) is 23.5 Å². The minimum atomic E-state index is -0.371. The second-order valence-electron chi connectivity index (χ2n) is 8.37. The van der Waals surface area contributed by atoms with Crippen molar-refractivity contribution in [3.63, 3.8) is 0 Å². The van der Waals surface area contributed by atoms with E-state index in [-0.39, 0.29) is 11.9 Å². The zero-order chi connectivity index (χ0) is 24.3. The van der Waals surface area contributed by atoms with Gasteiger partial charge in [-0.3, -0.25) is 4.79 Å². The average molecular weight is 468 g/mol. The molecular weight excluding hydrogens is 430 g/mol. The van der Waals surface area contributed by atoms with E-state index in [0.717, 1.165) is 57.0 Å². The highest BCUT2D eigenvalue weighted by Gasteiger charge is 2.20. The van der Waals surface area contributed by atoms with Crippen molar-refractivity contribution in [2.24, 2.45) is 0 Å². The van der Waals surface area contributed by atoms with E-state index in [1.54, 1.807) is 37.4 Å². The topological polar surface area (TPSA) is 85.9 Å². The summed E-state index contributed by atoms with van der Waals surface area (Å²) in [6.45, 7) is 9.39. The minimum absolute atomic E-state index is 0.119. The summed E-state index contributed by atoms with van der Waals surface area (Å²) < 4.78 is 5.15. The number of rotatable bonds is 10. The summed E-state index contributed by atoms with van der Waals surface area (Å²) in [5.74, 6) is 0.600. The first-order valence-electron chi connectivity index (χ1n) is 12.2. The molecule has 1 fully saturated rings. The number of urea groups is 1. The first-order chi connectivity index (χ1) is 16.5. The highest BCUT2D eigenvalue weighted by molar-refractivity contribution is 6.04. The fraction of sp³-hybridized carbons (Fsp3) is 0.462. The quantitative estimate of drug-likeness (QED) is 0.482. The third-order valence-electron chi connectivity index (χ3n) is 6.15. The molecule has 8 heteroatoms. The Kier molecular flexibility index (Phi) is 9.58. The van der Waals surface area contributed by atoms with Gasteiger partial charge in [0, 0.05) is 43.2 Å². The Morgan fingerprint density at radius 1 is 0.941 bits per heavy atom. The number of nitrogens with one attached hydrogen (secondary N) is 3. The van der Waals surface area contributed by atoms with Crippen molar-refractivity contribution in [2.75, 3.05) is 61.9 Å². The van der Waals surface area contributed by atoms with Gasteiger partial charge < -0.3 is 30.5 Å². The van der Waals surface area contributed by atoms with Gasteiger partial charge in [0.15, 0.2) is 0 Å². The monoisotopic (exact) mass is 467 g/mol. The number of hydrogen-bond donors (Lipinski definition) is 3. The van der Waals surface area contributed by atoms with Gasteiger partial charge in [-0.2, -0.15) is 0 Å². The maximum atomic E-state index is 13.2. The molecule has 3 N–H and O–H groups in total. The summed E-state index contributed by atoms with van der Waals surface area (Å²) in [4.78, 5) is 30.2. The molecule has 0 bridgehead atoms. The van der Waals surface area contributed by atoms with Crippen molar-refractivity contribution in [3.8, 4) is 5.75 Å². The predicted molar refractivity (Wildman–Crippen MR) is 138 cm³/mol. The van der Waals surface area contributed by atoms with Crippen LogP contribution in [0.1, 0.15) is 43.5 Å². The van der Waals surface area contributed by atoms with Gasteiger partial charge in [0.2, 0.25) is 0 Å². The number of anilines is 3. The number of hydrogen-bond acceptors (Lipinski definition) is 5. The number of nitrogens with zero attached hydrogens (tertiary/aromatic N) is 2. The number of amides is 3. The number of piperidine rings is 1. The van der Waals surface area contributed by atoms with Crippen LogP contribution in [0.3, 0.4) is 0 Å². The SMILES string of the molecule is CCN(CC)CCNC(=O)c1cc(NC(=O)Nc2ccc(OC)cc2)ccc1N1CCCCC1. The van der Waals surface area contributed by atoms with Gasteiger partial charge in [0.1, 0.15) is 5.75 Å². The maximum Gasteiger partial charge on any atom is 0.323 e. The molecule has 2 aromatic rings. The van der Waals surface area contributed by atoms with Crippen LogP contribution in [0, 0.1) is 0 Å². The second-order valence-corrected chi connectivity index (χ2v) is 8.37. The van der Waals surface area contributed by atoms with Gasteiger partial charge >= 0.3 is 6.03 Å². The summed E-state index contributed by atoms with van der Waals surface area (Å²) in [6.07, 6.45) is 3.45. The average Bonchev–Trinajstić information content (AvgIpc) is 2.87. The van der Waals surface area contributed by atoms with Gasteiger partial charge in [0.05, 0.1) is 12.7 Å². The molecule has 0 spiro atoms. The van der Waals surface area contributed by atoms with E-state index in [9.17, 15) is 9.59 Å². The highest BCUT2D eigenvalue weighted by atomic mass is 16.5. The number of carbonyl (C=O) groups is 2. The molecule has 1 heterocycles. The number of likely N-dealkylation sites (N-methyl/N-ethyl adjacent to an activating group) is 1. The first kappa shape index (κ1) is 25.4. The van der Waals surface area contributed by atoms with Crippen LogP contribution in [0.5, 0.6) is 5.75 Å². The van der Waals surface area contributed by atoms with Crippen molar-refractivity contribution in [1.29, 1.82) is 0 Å². The van der Waals surface area contributed by atoms with Crippen LogP contribution < -0.4 is 25.6 Å². The summed E-state index contributed by atoms with van der Waals surface area (Å²) in [5.41, 5.74) is 2.73. The molecule has 1 aliphatic heterocycles. The number of benzene rings is 2. The van der Waals surface area contributed by atoms with Gasteiger partial charge in [-0.05, 0) is 74.8 Å². The molecule has 0 atom stereocenters. The summed E-state index contributed by atoms with van der Waals surface area (Å²) in [6, 6.07) is 12.3. The molecule has 184 valence electrons. The highest BCUT2D eigenvalue weighted by Crippen LogP contribution is 2.27. The van der Waals surface area contributed by atoms with Gasteiger partial charge in [-0.15, -0.1) is 0 Å². The van der Waals surface area contributed by atoms with E-state index in [1.165, 1.54) is 6.42 Å². The molecule has 8 nitrogen and oxygen atoms in total. The molecule has 0 unspecified atom stereocenters. The van der Waals surface area contributed by atoms with Crippen LogP contribution in [0.15, 0.2) is 42.5 Å². The van der Waals surface area contributed by atoms with Gasteiger partial charge in [0.25, 0.3) is 5.91 Å². The Balaban J connectivity index is 1.72. The molecule has 1 aliphatic rings. The lowest BCUT2D eigenvalue weighted by molar-refractivity contribution is 0.0949. The van der Waals surface area contributed by atoms with Gasteiger partial charge in [-0.25, -0.2) is 4.79 Å². The van der Waals surface area contributed by atoms with Crippen LogP contribution >= 0.6 is 0 Å². The zero-order valence-electron chi connectivity index (χ0n) is 20.5. The Bertz CT molecular complexity index is 938. The summed E-state index contributed by atoms with van der Waals surface area (Å²) >= 11 is 0. The van der Waals surface area contributed by atoms with Gasteiger partial charge in [-0.1, -0.05) is 13.8 Å². The number of ether oxygens (including phenoxy) is 1. The van der Waals surface area contributed by atoms with Crippen molar-refractivity contribution in [1.82, 2.24) is 10.2 Å². The molecule has 0 aliphatic carbocycles. The largest absolute Gasteiger partial charge is 0.497 e. The molecule has 3 amide bonds. The zero-order valence-corrected chi connectivity index (χ0v) is 20.5. The Morgan fingerprint density at radius 3 is 2.24 bits per heavy atom. The normalized spacial score (nSPS) is 13.5. The minimum Gasteiger partial charge on any atom is -0.497 e.